The number of carboxylic acid groups (broad SMARTS) is 1. The van der Waals surface area contributed by atoms with Crippen LogP contribution in [-0.4, -0.2) is 52.4 Å². The van der Waals surface area contributed by atoms with E-state index in [4.69, 9.17) is 11.6 Å². The third-order valence-electron chi connectivity index (χ3n) is 7.26. The average molecular weight is 500 g/mol. The number of piperidine rings is 1. The van der Waals surface area contributed by atoms with Gasteiger partial charge in [-0.3, -0.25) is 9.47 Å². The number of halogens is 1. The molecular weight excluding hydrogens is 478 g/mol. The van der Waals surface area contributed by atoms with Crippen molar-refractivity contribution in [1.29, 1.82) is 0 Å². The molecule has 6 rings (SSSR count). The Balaban J connectivity index is 1.38. The van der Waals surface area contributed by atoms with Crippen molar-refractivity contribution in [3.05, 3.63) is 70.0 Å². The van der Waals surface area contributed by atoms with Gasteiger partial charge in [0, 0.05) is 18.1 Å². The zero-order valence-electron chi connectivity index (χ0n) is 18.2. The summed E-state index contributed by atoms with van der Waals surface area (Å²) in [5, 5.41) is 18.9. The summed E-state index contributed by atoms with van der Waals surface area (Å²) in [5.41, 5.74) is 3.36. The van der Waals surface area contributed by atoms with Crippen molar-refractivity contribution >= 4 is 33.5 Å². The molecule has 1 amide bonds. The molecule has 176 valence electrons. The molecule has 2 aromatic carbocycles. The number of aromatic nitrogens is 3. The predicted molar refractivity (Wildman–Crippen MR) is 126 cm³/mol. The van der Waals surface area contributed by atoms with E-state index in [-0.39, 0.29) is 18.8 Å². The van der Waals surface area contributed by atoms with E-state index in [2.05, 4.69) is 10.2 Å². The number of carbonyl (C=O) groups is 1. The molecule has 1 saturated heterocycles. The minimum atomic E-state index is -3.31. The summed E-state index contributed by atoms with van der Waals surface area (Å²) < 4.78 is 27.5. The lowest BCUT2D eigenvalue weighted by Gasteiger charge is -2.39. The van der Waals surface area contributed by atoms with Gasteiger partial charge in [-0.1, -0.05) is 35.9 Å². The molecule has 3 aliphatic heterocycles. The molecule has 0 unspecified atom stereocenters. The van der Waals surface area contributed by atoms with E-state index >= 15 is 0 Å². The number of anilines is 1. The first-order chi connectivity index (χ1) is 16.3. The summed E-state index contributed by atoms with van der Waals surface area (Å²) in [7, 11) is -3.31. The molecule has 3 aliphatic rings. The maximum absolute atomic E-state index is 13.2. The van der Waals surface area contributed by atoms with Crippen LogP contribution in [0.25, 0.3) is 5.69 Å². The van der Waals surface area contributed by atoms with Crippen LogP contribution in [-0.2, 0) is 33.4 Å². The Morgan fingerprint density at radius 3 is 2.56 bits per heavy atom. The first kappa shape index (κ1) is 21.4. The second-order valence-electron chi connectivity index (χ2n) is 9.06. The van der Waals surface area contributed by atoms with Crippen molar-refractivity contribution in [2.75, 3.05) is 18.0 Å². The van der Waals surface area contributed by atoms with Crippen molar-refractivity contribution in [2.24, 2.45) is 0 Å². The van der Waals surface area contributed by atoms with E-state index in [0.717, 1.165) is 22.4 Å². The number of hydrogen-bond acceptors (Lipinski definition) is 6. The molecule has 1 fully saturated rings. The second kappa shape index (κ2) is 7.44. The monoisotopic (exact) mass is 499 g/mol. The standard InChI is InChI=1S/C23H22ClN5O4S/c24-17-5-6-19-16(11-17)12-28(22(30)31)13-20-25-26-21(29(19)20)27-9-7-23(8-10-27)18-4-2-1-3-15(18)14-34(23,32)33/h1-6,11H,7-10,12-14H2,(H,30,31). The number of hydrogen-bond donors (Lipinski definition) is 1. The molecule has 1 N–H and O–H groups in total. The summed E-state index contributed by atoms with van der Waals surface area (Å²) >= 11 is 6.21. The lowest BCUT2D eigenvalue weighted by Crippen LogP contribution is -2.46. The lowest BCUT2D eigenvalue weighted by molar-refractivity contribution is 0.139. The molecule has 9 nitrogen and oxygen atoms in total. The van der Waals surface area contributed by atoms with Gasteiger partial charge in [-0.25, -0.2) is 13.2 Å². The van der Waals surface area contributed by atoms with Gasteiger partial charge in [0.2, 0.25) is 5.95 Å². The summed E-state index contributed by atoms with van der Waals surface area (Å²) in [6.45, 7) is 1.27. The predicted octanol–water partition coefficient (Wildman–Crippen LogP) is 3.34. The Labute approximate surface area is 201 Å². The smallest absolute Gasteiger partial charge is 0.408 e. The largest absolute Gasteiger partial charge is 0.465 e. The van der Waals surface area contributed by atoms with Gasteiger partial charge in [0.1, 0.15) is 4.75 Å². The normalized spacial score (nSPS) is 19.9. The molecule has 0 bridgehead atoms. The molecule has 3 aromatic rings. The molecule has 1 aromatic heterocycles. The van der Waals surface area contributed by atoms with Crippen LogP contribution in [0.2, 0.25) is 5.02 Å². The van der Waals surface area contributed by atoms with Gasteiger partial charge in [0.25, 0.3) is 0 Å². The van der Waals surface area contributed by atoms with Crippen molar-refractivity contribution in [3.63, 3.8) is 0 Å². The number of benzene rings is 2. The van der Waals surface area contributed by atoms with Crippen molar-refractivity contribution < 1.29 is 18.3 Å². The summed E-state index contributed by atoms with van der Waals surface area (Å²) in [4.78, 5) is 15.1. The molecule has 11 heteroatoms. The third kappa shape index (κ3) is 3.05. The third-order valence-corrected chi connectivity index (χ3v) is 10.0. The Morgan fingerprint density at radius 1 is 1.03 bits per heavy atom. The first-order valence-corrected chi connectivity index (χ1v) is 13.1. The molecule has 0 saturated carbocycles. The highest BCUT2D eigenvalue weighted by Crippen LogP contribution is 2.49. The number of amides is 1. The van der Waals surface area contributed by atoms with Crippen LogP contribution in [0.3, 0.4) is 0 Å². The lowest BCUT2D eigenvalue weighted by atomic mass is 9.86. The van der Waals surface area contributed by atoms with Crippen LogP contribution < -0.4 is 4.90 Å². The van der Waals surface area contributed by atoms with Gasteiger partial charge in [-0.2, -0.15) is 0 Å². The van der Waals surface area contributed by atoms with E-state index in [1.165, 1.54) is 4.90 Å². The molecule has 34 heavy (non-hydrogen) atoms. The number of fused-ring (bicyclic) bond motifs is 5. The number of rotatable bonds is 1. The average Bonchev–Trinajstić information content (AvgIpc) is 3.25. The Kier molecular flexibility index (Phi) is 4.69. The van der Waals surface area contributed by atoms with Gasteiger partial charge < -0.3 is 10.0 Å². The van der Waals surface area contributed by atoms with Crippen LogP contribution >= 0.6 is 11.6 Å². The molecule has 4 heterocycles. The van der Waals surface area contributed by atoms with Crippen LogP contribution in [0, 0.1) is 0 Å². The van der Waals surface area contributed by atoms with Crippen LogP contribution in [0.5, 0.6) is 0 Å². The SMILES string of the molecule is O=C(O)N1Cc2cc(Cl)ccc2-n2c(nnc2N2CCC3(CC2)c2ccccc2CS3(=O)=O)C1. The Hall–Kier alpha value is -3.11. The summed E-state index contributed by atoms with van der Waals surface area (Å²) in [6, 6.07) is 13.0. The van der Waals surface area contributed by atoms with Gasteiger partial charge in [-0.15, -0.1) is 10.2 Å². The maximum atomic E-state index is 13.2. The van der Waals surface area contributed by atoms with Gasteiger partial charge in [0.05, 0.1) is 24.5 Å². The van der Waals surface area contributed by atoms with Gasteiger partial charge in [0.15, 0.2) is 15.7 Å². The van der Waals surface area contributed by atoms with Crippen molar-refractivity contribution in [1.82, 2.24) is 19.7 Å². The highest BCUT2D eigenvalue weighted by molar-refractivity contribution is 7.92. The molecule has 0 radical (unpaired) electrons. The Bertz CT molecular complexity index is 1430. The molecule has 1 spiro atoms. The van der Waals surface area contributed by atoms with Crippen LogP contribution in [0.4, 0.5) is 10.7 Å². The first-order valence-electron chi connectivity index (χ1n) is 11.1. The van der Waals surface area contributed by atoms with E-state index in [1.807, 2.05) is 39.8 Å². The minimum absolute atomic E-state index is 0.0860. The fraction of sp³-hybridized carbons (Fsp3) is 0.348. The van der Waals surface area contributed by atoms with E-state index < -0.39 is 20.7 Å². The van der Waals surface area contributed by atoms with Crippen LogP contribution in [0.15, 0.2) is 42.5 Å². The highest BCUT2D eigenvalue weighted by Gasteiger charge is 2.53. The number of sulfone groups is 1. The summed E-state index contributed by atoms with van der Waals surface area (Å²) in [5.74, 6) is 1.18. The van der Waals surface area contributed by atoms with Crippen LogP contribution in [0.1, 0.15) is 35.4 Å². The minimum Gasteiger partial charge on any atom is -0.465 e. The van der Waals surface area contributed by atoms with Gasteiger partial charge in [-0.05, 0) is 47.7 Å². The fourth-order valence-electron chi connectivity index (χ4n) is 5.58. The van der Waals surface area contributed by atoms with E-state index in [1.54, 1.807) is 12.1 Å². The van der Waals surface area contributed by atoms with E-state index in [9.17, 15) is 18.3 Å². The second-order valence-corrected chi connectivity index (χ2v) is 11.8. The fourth-order valence-corrected chi connectivity index (χ4v) is 8.05. The number of nitrogens with zero attached hydrogens (tertiary/aromatic N) is 5. The van der Waals surface area contributed by atoms with Crippen molar-refractivity contribution in [2.45, 2.75) is 36.4 Å². The zero-order valence-corrected chi connectivity index (χ0v) is 19.8. The molecular formula is C23H22ClN5O4S. The van der Waals surface area contributed by atoms with Crippen molar-refractivity contribution in [3.8, 4) is 5.69 Å². The quantitative estimate of drug-likeness (QED) is 0.547. The van der Waals surface area contributed by atoms with Gasteiger partial charge >= 0.3 is 6.09 Å². The Morgan fingerprint density at radius 2 is 1.79 bits per heavy atom. The molecule has 0 atom stereocenters. The summed E-state index contributed by atoms with van der Waals surface area (Å²) in [6.07, 6.45) is -0.124. The zero-order chi connectivity index (χ0) is 23.7. The topological polar surface area (TPSA) is 109 Å². The van der Waals surface area contributed by atoms with E-state index in [0.29, 0.717) is 42.7 Å². The molecule has 0 aliphatic carbocycles. The highest BCUT2D eigenvalue weighted by atomic mass is 35.5. The maximum Gasteiger partial charge on any atom is 0.408 e.